The topological polar surface area (TPSA) is 53.1 Å². The highest BCUT2D eigenvalue weighted by molar-refractivity contribution is 7.71. The van der Waals surface area contributed by atoms with Gasteiger partial charge in [-0.2, -0.15) is 13.2 Å². The van der Waals surface area contributed by atoms with Crippen LogP contribution in [0.2, 0.25) is 0 Å². The molecule has 29 heavy (non-hydrogen) atoms. The first-order valence-corrected chi connectivity index (χ1v) is 9.07. The standard InChI is InChI=1S/C21H15F3N4S/c1-11-5-3-6-13(9-11)18-17(14-7-4-8-15(10-14)21(22,23)24)26-16-12(2)25-20(29)28-19(16)27-18/h3-10H,2H2,1H3,(H2,25,27,28,29). The monoisotopic (exact) mass is 412 g/mol. The summed E-state index contributed by atoms with van der Waals surface area (Å²) < 4.78 is 40.0. The van der Waals surface area contributed by atoms with Crippen LogP contribution in [0.5, 0.6) is 0 Å². The predicted octanol–water partition coefficient (Wildman–Crippen LogP) is 4.45. The summed E-state index contributed by atoms with van der Waals surface area (Å²) in [7, 11) is 0. The first-order valence-electron chi connectivity index (χ1n) is 8.66. The van der Waals surface area contributed by atoms with Crippen LogP contribution in [-0.4, -0.2) is 9.97 Å². The molecule has 0 bridgehead atoms. The summed E-state index contributed by atoms with van der Waals surface area (Å²) in [5.74, 6) is 0.408. The molecule has 1 aliphatic rings. The Bertz CT molecular complexity index is 1320. The number of rotatable bonds is 2. The van der Waals surface area contributed by atoms with Gasteiger partial charge in [-0.05, 0) is 37.3 Å². The molecule has 0 aliphatic carbocycles. The summed E-state index contributed by atoms with van der Waals surface area (Å²) >= 11 is 5.11. The number of nitrogens with zero attached hydrogens (tertiary/aromatic N) is 2. The number of fused-ring (bicyclic) bond motifs is 1. The molecule has 8 heteroatoms. The first kappa shape index (κ1) is 19.1. The van der Waals surface area contributed by atoms with E-state index < -0.39 is 11.7 Å². The zero-order valence-corrected chi connectivity index (χ0v) is 16.1. The molecule has 4 nitrogen and oxygen atoms in total. The van der Waals surface area contributed by atoms with E-state index in [1.807, 2.05) is 31.2 Å². The number of H-pyrrole nitrogens is 1. The van der Waals surface area contributed by atoms with Gasteiger partial charge in [-0.15, -0.1) is 0 Å². The summed E-state index contributed by atoms with van der Waals surface area (Å²) in [6, 6.07) is 12.7. The Labute approximate surface area is 169 Å². The normalized spacial score (nSPS) is 13.5. The summed E-state index contributed by atoms with van der Waals surface area (Å²) in [4.78, 5) is 11.7. The minimum Gasteiger partial charge on any atom is -0.336 e. The number of halogens is 3. The highest BCUT2D eigenvalue weighted by Gasteiger charge is 2.31. The van der Waals surface area contributed by atoms with Crippen molar-refractivity contribution in [2.75, 3.05) is 5.32 Å². The van der Waals surface area contributed by atoms with Crippen LogP contribution >= 0.6 is 12.2 Å². The lowest BCUT2D eigenvalue weighted by Crippen LogP contribution is -2.34. The van der Waals surface area contributed by atoms with Crippen LogP contribution in [0.3, 0.4) is 0 Å². The number of aromatic amines is 1. The van der Waals surface area contributed by atoms with Gasteiger partial charge in [0.15, 0.2) is 10.6 Å². The van der Waals surface area contributed by atoms with Crippen molar-refractivity contribution in [1.82, 2.24) is 9.97 Å². The van der Waals surface area contributed by atoms with E-state index in [2.05, 4.69) is 26.9 Å². The fourth-order valence-corrected chi connectivity index (χ4v) is 3.34. The lowest BCUT2D eigenvalue weighted by molar-refractivity contribution is -0.137. The molecule has 0 radical (unpaired) electrons. The summed E-state index contributed by atoms with van der Waals surface area (Å²) in [5, 5.41) is 4.03. The molecule has 0 saturated heterocycles. The van der Waals surface area contributed by atoms with E-state index in [1.54, 1.807) is 6.07 Å². The van der Waals surface area contributed by atoms with Gasteiger partial charge < -0.3 is 10.3 Å². The molecule has 146 valence electrons. The molecule has 3 aromatic rings. The second-order valence-corrected chi connectivity index (χ2v) is 7.01. The molecular weight excluding hydrogens is 397 g/mol. The van der Waals surface area contributed by atoms with Gasteiger partial charge in [-0.25, -0.2) is 9.98 Å². The number of aromatic nitrogens is 2. The van der Waals surface area contributed by atoms with E-state index in [-0.39, 0.29) is 4.77 Å². The van der Waals surface area contributed by atoms with Crippen LogP contribution in [0.1, 0.15) is 22.3 Å². The van der Waals surface area contributed by atoms with Gasteiger partial charge in [0, 0.05) is 11.1 Å². The number of aryl methyl sites for hydroxylation is 1. The molecule has 0 unspecified atom stereocenters. The van der Waals surface area contributed by atoms with E-state index in [0.717, 1.165) is 23.3 Å². The molecule has 2 N–H and O–H groups in total. The van der Waals surface area contributed by atoms with Gasteiger partial charge in [0.25, 0.3) is 0 Å². The van der Waals surface area contributed by atoms with Crippen molar-refractivity contribution in [3.8, 4) is 0 Å². The number of nitrogens with one attached hydrogen (secondary N) is 2. The smallest absolute Gasteiger partial charge is 0.336 e. The van der Waals surface area contributed by atoms with Crippen molar-refractivity contribution in [2.24, 2.45) is 4.99 Å². The third-order valence-corrected chi connectivity index (χ3v) is 4.65. The van der Waals surface area contributed by atoms with Crippen LogP contribution in [0.4, 0.5) is 19.0 Å². The molecule has 4 rings (SSSR count). The van der Waals surface area contributed by atoms with Crippen molar-refractivity contribution >= 4 is 36.0 Å². The number of hydrogen-bond donors (Lipinski definition) is 2. The zero-order chi connectivity index (χ0) is 20.8. The number of hydrogen-bond acceptors (Lipinski definition) is 4. The second kappa shape index (κ2) is 6.97. The van der Waals surface area contributed by atoms with Crippen molar-refractivity contribution in [3.05, 3.63) is 86.3 Å². The summed E-state index contributed by atoms with van der Waals surface area (Å²) in [5.41, 5.74) is 2.28. The van der Waals surface area contributed by atoms with Crippen molar-refractivity contribution in [2.45, 2.75) is 13.1 Å². The summed E-state index contributed by atoms with van der Waals surface area (Å²) in [6.45, 7) is 5.83. The Hall–Kier alpha value is -3.26. The third kappa shape index (κ3) is 3.71. The second-order valence-electron chi connectivity index (χ2n) is 6.63. The highest BCUT2D eigenvalue weighted by Crippen LogP contribution is 2.34. The molecule has 0 atom stereocenters. The number of alkyl halides is 3. The van der Waals surface area contributed by atoms with Crippen LogP contribution in [0.15, 0.2) is 53.5 Å². The predicted molar refractivity (Wildman–Crippen MR) is 109 cm³/mol. The van der Waals surface area contributed by atoms with Crippen molar-refractivity contribution in [3.63, 3.8) is 0 Å². The number of anilines is 1. The van der Waals surface area contributed by atoms with Crippen LogP contribution in [-0.2, 0) is 6.18 Å². The van der Waals surface area contributed by atoms with E-state index in [1.165, 1.54) is 6.07 Å². The SMILES string of the molecule is C=c1[nH]c(=S)nc2c1=NC(c1cccc(C(F)(F)F)c1)=C(c1cccc(C)c1)N2. The molecule has 1 aromatic heterocycles. The maximum absolute atomic E-state index is 13.3. The van der Waals surface area contributed by atoms with Gasteiger partial charge in [0.2, 0.25) is 0 Å². The molecule has 2 aromatic carbocycles. The van der Waals surface area contributed by atoms with Crippen LogP contribution in [0.25, 0.3) is 18.0 Å². The van der Waals surface area contributed by atoms with E-state index in [4.69, 9.17) is 12.2 Å². The Balaban J connectivity index is 2.03. The average Bonchev–Trinajstić information content (AvgIpc) is 2.66. The van der Waals surface area contributed by atoms with E-state index in [9.17, 15) is 13.2 Å². The fraction of sp³-hybridized carbons (Fsp3) is 0.0952. The number of benzene rings is 2. The molecule has 0 fully saturated rings. The van der Waals surface area contributed by atoms with Crippen molar-refractivity contribution in [1.29, 1.82) is 0 Å². The fourth-order valence-electron chi connectivity index (χ4n) is 3.13. The van der Waals surface area contributed by atoms with Gasteiger partial charge >= 0.3 is 6.18 Å². The lowest BCUT2D eigenvalue weighted by Gasteiger charge is -2.20. The minimum absolute atomic E-state index is 0.238. The molecule has 0 spiro atoms. The quantitative estimate of drug-likeness (QED) is 0.612. The van der Waals surface area contributed by atoms with Gasteiger partial charge in [-0.3, -0.25) is 0 Å². The first-order chi connectivity index (χ1) is 13.7. The Morgan fingerprint density at radius 3 is 2.48 bits per heavy atom. The molecule has 0 saturated carbocycles. The molecule has 0 amide bonds. The zero-order valence-electron chi connectivity index (χ0n) is 15.3. The lowest BCUT2D eigenvalue weighted by atomic mass is 10.0. The Kier molecular flexibility index (Phi) is 4.58. The maximum atomic E-state index is 13.3. The van der Waals surface area contributed by atoms with Gasteiger partial charge in [0.05, 0.1) is 22.3 Å². The van der Waals surface area contributed by atoms with Crippen LogP contribution in [0, 0.1) is 11.7 Å². The largest absolute Gasteiger partial charge is 0.416 e. The van der Waals surface area contributed by atoms with E-state index in [0.29, 0.717) is 33.5 Å². The van der Waals surface area contributed by atoms with Gasteiger partial charge in [0.1, 0.15) is 5.36 Å². The average molecular weight is 412 g/mol. The Morgan fingerprint density at radius 1 is 1.03 bits per heavy atom. The molecule has 2 heterocycles. The minimum atomic E-state index is -4.45. The van der Waals surface area contributed by atoms with Gasteiger partial charge in [-0.1, -0.05) is 42.5 Å². The maximum Gasteiger partial charge on any atom is 0.416 e. The van der Waals surface area contributed by atoms with Crippen LogP contribution < -0.4 is 16.0 Å². The molecule has 1 aliphatic heterocycles. The van der Waals surface area contributed by atoms with Crippen molar-refractivity contribution < 1.29 is 13.2 Å². The Morgan fingerprint density at radius 2 is 1.76 bits per heavy atom. The third-order valence-electron chi connectivity index (χ3n) is 4.46. The molecular formula is C21H15F3N4S. The summed E-state index contributed by atoms with van der Waals surface area (Å²) in [6.07, 6.45) is -4.45. The highest BCUT2D eigenvalue weighted by atomic mass is 32.1. The van der Waals surface area contributed by atoms with E-state index >= 15 is 0 Å².